The third-order valence-corrected chi connectivity index (χ3v) is 8.02. The zero-order chi connectivity index (χ0) is 28.0. The van der Waals surface area contributed by atoms with Gasteiger partial charge in [0.2, 0.25) is 11.8 Å². The number of benzene rings is 3. The van der Waals surface area contributed by atoms with Crippen LogP contribution in [0.3, 0.4) is 0 Å². The van der Waals surface area contributed by atoms with E-state index in [9.17, 15) is 22.4 Å². The van der Waals surface area contributed by atoms with Crippen LogP contribution in [-0.4, -0.2) is 51.9 Å². The van der Waals surface area contributed by atoms with Crippen molar-refractivity contribution in [2.45, 2.75) is 31.3 Å². The number of amides is 2. The fourth-order valence-corrected chi connectivity index (χ4v) is 5.39. The summed E-state index contributed by atoms with van der Waals surface area (Å²) in [5, 5.41) is 2.70. The molecule has 0 saturated carbocycles. The van der Waals surface area contributed by atoms with Gasteiger partial charge in [0.05, 0.1) is 17.7 Å². The topological polar surface area (TPSA) is 96.0 Å². The maximum absolute atomic E-state index is 14.5. The van der Waals surface area contributed by atoms with Crippen LogP contribution in [0.2, 0.25) is 5.02 Å². The molecular weight excluding hydrogens is 533 g/mol. The van der Waals surface area contributed by atoms with Crippen LogP contribution in [0.15, 0.2) is 71.6 Å². The Morgan fingerprint density at radius 3 is 2.34 bits per heavy atom. The molecule has 0 bridgehead atoms. The summed E-state index contributed by atoms with van der Waals surface area (Å²) in [6, 6.07) is 15.4. The van der Waals surface area contributed by atoms with E-state index in [0.29, 0.717) is 0 Å². The number of hydrogen-bond acceptors (Lipinski definition) is 5. The quantitative estimate of drug-likeness (QED) is 0.401. The number of aryl methyl sites for hydroxylation is 1. The van der Waals surface area contributed by atoms with Gasteiger partial charge >= 0.3 is 0 Å². The molecule has 38 heavy (non-hydrogen) atoms. The minimum atomic E-state index is -4.31. The number of nitrogens with zero attached hydrogens (tertiary/aromatic N) is 2. The zero-order valence-corrected chi connectivity index (χ0v) is 23.0. The molecule has 3 aromatic rings. The van der Waals surface area contributed by atoms with Crippen molar-refractivity contribution >= 4 is 39.1 Å². The van der Waals surface area contributed by atoms with Crippen molar-refractivity contribution in [3.05, 3.63) is 88.7 Å². The summed E-state index contributed by atoms with van der Waals surface area (Å²) >= 11 is 6.20. The highest BCUT2D eigenvalue weighted by Crippen LogP contribution is 2.35. The number of hydrogen-bond donors (Lipinski definition) is 1. The van der Waals surface area contributed by atoms with Crippen LogP contribution in [0.1, 0.15) is 18.1 Å². The van der Waals surface area contributed by atoms with Crippen molar-refractivity contribution < 1.29 is 27.1 Å². The van der Waals surface area contributed by atoms with Crippen LogP contribution in [-0.2, 0) is 26.2 Å². The van der Waals surface area contributed by atoms with Gasteiger partial charge < -0.3 is 15.0 Å². The van der Waals surface area contributed by atoms with Gasteiger partial charge in [0, 0.05) is 24.2 Å². The molecule has 0 unspecified atom stereocenters. The molecule has 0 aromatic heterocycles. The van der Waals surface area contributed by atoms with E-state index in [1.54, 1.807) is 18.2 Å². The van der Waals surface area contributed by atoms with Gasteiger partial charge in [0.15, 0.2) is 0 Å². The van der Waals surface area contributed by atoms with Crippen LogP contribution in [0.5, 0.6) is 5.75 Å². The monoisotopic (exact) mass is 561 g/mol. The van der Waals surface area contributed by atoms with Crippen LogP contribution >= 0.6 is 11.6 Å². The molecule has 0 spiro atoms. The molecule has 202 valence electrons. The number of ether oxygens (including phenoxy) is 1. The van der Waals surface area contributed by atoms with Crippen molar-refractivity contribution in [3.8, 4) is 5.75 Å². The van der Waals surface area contributed by atoms with Crippen LogP contribution < -0.4 is 14.4 Å². The van der Waals surface area contributed by atoms with Crippen LogP contribution in [0, 0.1) is 12.7 Å². The van der Waals surface area contributed by atoms with Gasteiger partial charge in [-0.05, 0) is 50.2 Å². The maximum Gasteiger partial charge on any atom is 0.264 e. The van der Waals surface area contributed by atoms with E-state index in [1.165, 1.54) is 69.6 Å². The predicted molar refractivity (Wildman–Crippen MR) is 144 cm³/mol. The smallest absolute Gasteiger partial charge is 0.264 e. The molecule has 11 heteroatoms. The Balaban J connectivity index is 2.12. The Morgan fingerprint density at radius 1 is 1.08 bits per heavy atom. The summed E-state index contributed by atoms with van der Waals surface area (Å²) in [5.74, 6) is -1.63. The third kappa shape index (κ3) is 6.43. The molecule has 0 fully saturated rings. The van der Waals surface area contributed by atoms with Gasteiger partial charge in [-0.15, -0.1) is 0 Å². The van der Waals surface area contributed by atoms with E-state index in [2.05, 4.69) is 5.32 Å². The molecule has 2 amide bonds. The second-order valence-electron chi connectivity index (χ2n) is 8.54. The highest BCUT2D eigenvalue weighted by Gasteiger charge is 2.34. The molecule has 0 aliphatic rings. The summed E-state index contributed by atoms with van der Waals surface area (Å²) in [6.45, 7) is 2.34. The Morgan fingerprint density at radius 2 is 1.74 bits per heavy atom. The molecular formula is C27H29ClFN3O5S. The second-order valence-corrected chi connectivity index (χ2v) is 10.8. The number of halogens is 2. The van der Waals surface area contributed by atoms with Crippen molar-refractivity contribution in [2.75, 3.05) is 25.0 Å². The van der Waals surface area contributed by atoms with E-state index in [4.69, 9.17) is 16.3 Å². The third-order valence-electron chi connectivity index (χ3n) is 6.01. The lowest BCUT2D eigenvalue weighted by atomic mass is 10.1. The fraction of sp³-hybridized carbons (Fsp3) is 0.259. The number of sulfonamides is 1. The van der Waals surface area contributed by atoms with Gasteiger partial charge in [-0.25, -0.2) is 12.8 Å². The molecule has 0 aliphatic heterocycles. The summed E-state index contributed by atoms with van der Waals surface area (Å²) in [7, 11) is -1.53. The van der Waals surface area contributed by atoms with Crippen molar-refractivity contribution in [3.63, 3.8) is 0 Å². The first-order valence-corrected chi connectivity index (χ1v) is 13.5. The normalized spacial score (nSPS) is 11.9. The largest absolute Gasteiger partial charge is 0.495 e. The van der Waals surface area contributed by atoms with Crippen LogP contribution in [0.25, 0.3) is 0 Å². The van der Waals surface area contributed by atoms with Crippen molar-refractivity contribution in [1.82, 2.24) is 10.2 Å². The SMILES string of the molecule is CNC(=O)[C@@H](C)N(Cc1ccccc1F)C(=O)CN(c1cc(Cl)ccc1OC)S(=O)(=O)c1ccc(C)cc1. The number of anilines is 1. The number of methoxy groups -OCH3 is 1. The van der Waals surface area contributed by atoms with Gasteiger partial charge in [-0.2, -0.15) is 0 Å². The first-order valence-electron chi connectivity index (χ1n) is 11.7. The standard InChI is InChI=1S/C27H29ClFN3O5S/c1-18-9-12-22(13-10-18)38(35,36)32(24-15-21(28)11-14-25(24)37-4)17-26(33)31(19(2)27(34)30-3)16-20-7-5-6-8-23(20)29/h5-15,19H,16-17H2,1-4H3,(H,30,34)/t19-/m1/s1. The molecule has 0 saturated heterocycles. The Bertz CT molecular complexity index is 1420. The van der Waals surface area contributed by atoms with Crippen molar-refractivity contribution in [1.29, 1.82) is 0 Å². The Kier molecular flexibility index (Phi) is 9.35. The molecule has 0 radical (unpaired) electrons. The lowest BCUT2D eigenvalue weighted by Gasteiger charge is -2.32. The first kappa shape index (κ1) is 28.9. The zero-order valence-electron chi connectivity index (χ0n) is 21.4. The predicted octanol–water partition coefficient (Wildman–Crippen LogP) is 4.15. The molecule has 3 rings (SSSR count). The Hall–Kier alpha value is -3.63. The molecule has 1 N–H and O–H groups in total. The maximum atomic E-state index is 14.5. The van der Waals surface area contributed by atoms with E-state index < -0.39 is 40.2 Å². The van der Waals surface area contributed by atoms with Gasteiger partial charge in [0.1, 0.15) is 24.2 Å². The molecule has 8 nitrogen and oxygen atoms in total. The number of carbonyl (C=O) groups is 2. The average Bonchev–Trinajstić information content (AvgIpc) is 2.90. The molecule has 0 aliphatic carbocycles. The molecule has 1 atom stereocenters. The van der Waals surface area contributed by atoms with E-state index >= 15 is 0 Å². The summed E-state index contributed by atoms with van der Waals surface area (Å²) in [5.41, 5.74) is 1.06. The van der Waals surface area contributed by atoms with E-state index in [-0.39, 0.29) is 33.5 Å². The Labute approximate surface area is 227 Å². The van der Waals surface area contributed by atoms with E-state index in [1.807, 2.05) is 6.92 Å². The highest BCUT2D eigenvalue weighted by molar-refractivity contribution is 7.92. The summed E-state index contributed by atoms with van der Waals surface area (Å²) in [6.07, 6.45) is 0. The summed E-state index contributed by atoms with van der Waals surface area (Å²) < 4.78 is 48.5. The lowest BCUT2D eigenvalue weighted by molar-refractivity contribution is -0.139. The van der Waals surface area contributed by atoms with Gasteiger partial charge in [-0.3, -0.25) is 13.9 Å². The van der Waals surface area contributed by atoms with E-state index in [0.717, 1.165) is 14.8 Å². The second kappa shape index (κ2) is 12.3. The fourth-order valence-electron chi connectivity index (χ4n) is 3.81. The number of carbonyl (C=O) groups excluding carboxylic acids is 2. The van der Waals surface area contributed by atoms with Gasteiger partial charge in [-0.1, -0.05) is 47.5 Å². The highest BCUT2D eigenvalue weighted by atomic mass is 35.5. The lowest BCUT2D eigenvalue weighted by Crippen LogP contribution is -2.50. The molecule has 3 aromatic carbocycles. The minimum Gasteiger partial charge on any atom is -0.495 e. The number of nitrogens with one attached hydrogen (secondary N) is 1. The average molecular weight is 562 g/mol. The van der Waals surface area contributed by atoms with Crippen molar-refractivity contribution in [2.24, 2.45) is 0 Å². The first-order chi connectivity index (χ1) is 18.0. The van der Waals surface area contributed by atoms with Gasteiger partial charge in [0.25, 0.3) is 10.0 Å². The molecule has 0 heterocycles. The number of rotatable bonds is 10. The summed E-state index contributed by atoms with van der Waals surface area (Å²) in [4.78, 5) is 27.4. The van der Waals surface area contributed by atoms with Crippen LogP contribution in [0.4, 0.5) is 10.1 Å². The minimum absolute atomic E-state index is 0.0346. The number of likely N-dealkylation sites (N-methyl/N-ethyl adjacent to an activating group) is 1.